The van der Waals surface area contributed by atoms with Gasteiger partial charge in [-0.05, 0) is 31.4 Å². The highest BCUT2D eigenvalue weighted by Crippen LogP contribution is 2.27. The van der Waals surface area contributed by atoms with Gasteiger partial charge in [-0.2, -0.15) is 0 Å². The maximum Gasteiger partial charge on any atom is 0.133 e. The van der Waals surface area contributed by atoms with E-state index in [-0.39, 0.29) is 6.61 Å². The molecule has 1 aromatic heterocycles. The number of anilines is 1. The first kappa shape index (κ1) is 13.3. The predicted octanol–water partition coefficient (Wildman–Crippen LogP) is 3.57. The van der Waals surface area contributed by atoms with E-state index < -0.39 is 0 Å². The summed E-state index contributed by atoms with van der Waals surface area (Å²) in [6.45, 7) is 1.16. The van der Waals surface area contributed by atoms with Crippen LogP contribution < -0.4 is 5.32 Å². The molecule has 3 nitrogen and oxygen atoms in total. The average Bonchev–Trinajstić information content (AvgIpc) is 2.39. The second kappa shape index (κ2) is 6.71. The van der Waals surface area contributed by atoms with E-state index in [1.54, 1.807) is 0 Å². The van der Waals surface area contributed by atoms with Gasteiger partial charge in [-0.25, -0.2) is 4.98 Å². The van der Waals surface area contributed by atoms with Crippen molar-refractivity contribution in [3.63, 3.8) is 0 Å². The highest BCUT2D eigenvalue weighted by atomic mass is 79.9. The lowest BCUT2D eigenvalue weighted by Crippen LogP contribution is -2.04. The molecular formula is C14H17BrN2O. The van der Waals surface area contributed by atoms with Gasteiger partial charge in [0.15, 0.2) is 0 Å². The normalized spacial score (nSPS) is 10.8. The Balaban J connectivity index is 2.07. The number of aromatic nitrogens is 1. The highest BCUT2D eigenvalue weighted by molar-refractivity contribution is 9.10. The molecule has 18 heavy (non-hydrogen) atoms. The first-order chi connectivity index (χ1) is 8.83. The van der Waals surface area contributed by atoms with Crippen LogP contribution in [0.25, 0.3) is 10.8 Å². The summed E-state index contributed by atoms with van der Waals surface area (Å²) < 4.78 is 1.09. The van der Waals surface area contributed by atoms with Crippen molar-refractivity contribution in [2.75, 3.05) is 18.5 Å². The zero-order valence-corrected chi connectivity index (χ0v) is 11.8. The topological polar surface area (TPSA) is 45.1 Å². The van der Waals surface area contributed by atoms with Crippen molar-refractivity contribution >= 4 is 32.5 Å². The van der Waals surface area contributed by atoms with Crippen molar-refractivity contribution in [2.24, 2.45) is 0 Å². The Morgan fingerprint density at radius 1 is 1.11 bits per heavy atom. The molecular weight excluding hydrogens is 292 g/mol. The molecule has 2 aromatic rings. The van der Waals surface area contributed by atoms with Crippen LogP contribution in [0.15, 0.2) is 34.9 Å². The number of halogens is 1. The summed E-state index contributed by atoms with van der Waals surface area (Å²) in [5.74, 6) is 0.929. The molecule has 1 heterocycles. The van der Waals surface area contributed by atoms with Gasteiger partial charge in [-0.3, -0.25) is 0 Å². The minimum absolute atomic E-state index is 0.277. The monoisotopic (exact) mass is 308 g/mol. The number of nitrogens with zero attached hydrogens (tertiary/aromatic N) is 1. The lowest BCUT2D eigenvalue weighted by Gasteiger charge is -2.09. The van der Waals surface area contributed by atoms with Crippen LogP contribution in [0, 0.1) is 0 Å². The number of hydrogen-bond acceptors (Lipinski definition) is 3. The SMILES string of the molecule is OCCCCCNc1nccc2c(Br)cccc12. The summed E-state index contributed by atoms with van der Waals surface area (Å²) >= 11 is 3.55. The minimum atomic E-state index is 0.277. The third-order valence-corrected chi connectivity index (χ3v) is 3.57. The van der Waals surface area contributed by atoms with Gasteiger partial charge < -0.3 is 10.4 Å². The van der Waals surface area contributed by atoms with E-state index in [0.717, 1.165) is 41.5 Å². The molecule has 1 aromatic carbocycles. The Labute approximate surface area is 115 Å². The van der Waals surface area contributed by atoms with Crippen LogP contribution in [0.1, 0.15) is 19.3 Å². The fourth-order valence-corrected chi connectivity index (χ4v) is 2.43. The summed E-state index contributed by atoms with van der Waals surface area (Å²) in [5, 5.41) is 14.4. The quantitative estimate of drug-likeness (QED) is 0.802. The third-order valence-electron chi connectivity index (χ3n) is 2.88. The second-order valence-electron chi connectivity index (χ2n) is 4.21. The Kier molecular flexibility index (Phi) is 4.96. The maximum absolute atomic E-state index is 8.72. The molecule has 4 heteroatoms. The van der Waals surface area contributed by atoms with Gasteiger partial charge in [0.05, 0.1) is 0 Å². The molecule has 0 radical (unpaired) electrons. The fourth-order valence-electron chi connectivity index (χ4n) is 1.93. The van der Waals surface area contributed by atoms with Crippen molar-refractivity contribution in [3.05, 3.63) is 34.9 Å². The number of rotatable bonds is 6. The molecule has 2 N–H and O–H groups in total. The number of benzene rings is 1. The van der Waals surface area contributed by atoms with Crippen molar-refractivity contribution in [1.82, 2.24) is 4.98 Å². The Morgan fingerprint density at radius 2 is 2.00 bits per heavy atom. The molecule has 96 valence electrons. The number of pyridine rings is 1. The summed E-state index contributed by atoms with van der Waals surface area (Å²) in [5.41, 5.74) is 0. The number of aliphatic hydroxyl groups excluding tert-OH is 1. The lowest BCUT2D eigenvalue weighted by atomic mass is 10.1. The molecule has 0 amide bonds. The second-order valence-corrected chi connectivity index (χ2v) is 5.06. The van der Waals surface area contributed by atoms with Crippen LogP contribution in [-0.4, -0.2) is 23.2 Å². The molecule has 0 aliphatic heterocycles. The van der Waals surface area contributed by atoms with E-state index in [9.17, 15) is 0 Å². The zero-order chi connectivity index (χ0) is 12.8. The van der Waals surface area contributed by atoms with E-state index in [4.69, 9.17) is 5.11 Å². The van der Waals surface area contributed by atoms with Crippen molar-refractivity contribution < 1.29 is 5.11 Å². The molecule has 0 saturated carbocycles. The first-order valence-electron chi connectivity index (χ1n) is 6.21. The van der Waals surface area contributed by atoms with E-state index in [1.807, 2.05) is 24.4 Å². The standard InChI is InChI=1S/C14H17BrN2O/c15-13-6-4-5-12-11(13)7-9-17-14(12)16-8-2-1-3-10-18/h4-7,9,18H,1-3,8,10H2,(H,16,17). The largest absolute Gasteiger partial charge is 0.396 e. The smallest absolute Gasteiger partial charge is 0.133 e. The van der Waals surface area contributed by atoms with E-state index >= 15 is 0 Å². The van der Waals surface area contributed by atoms with Crippen LogP contribution >= 0.6 is 15.9 Å². The Hall–Kier alpha value is -1.13. The average molecular weight is 309 g/mol. The van der Waals surface area contributed by atoms with Crippen LogP contribution in [-0.2, 0) is 0 Å². The molecule has 0 unspecified atom stereocenters. The maximum atomic E-state index is 8.72. The van der Waals surface area contributed by atoms with Crippen LogP contribution in [0.5, 0.6) is 0 Å². The molecule has 0 aliphatic rings. The van der Waals surface area contributed by atoms with Crippen molar-refractivity contribution in [1.29, 1.82) is 0 Å². The zero-order valence-electron chi connectivity index (χ0n) is 10.2. The molecule has 0 bridgehead atoms. The van der Waals surface area contributed by atoms with Gasteiger partial charge in [0.1, 0.15) is 5.82 Å². The van der Waals surface area contributed by atoms with Crippen LogP contribution in [0.4, 0.5) is 5.82 Å². The van der Waals surface area contributed by atoms with E-state index in [2.05, 4.69) is 32.3 Å². The highest BCUT2D eigenvalue weighted by Gasteiger charge is 2.03. The van der Waals surface area contributed by atoms with Gasteiger partial charge in [0.25, 0.3) is 0 Å². The number of unbranched alkanes of at least 4 members (excludes halogenated alkanes) is 2. The van der Waals surface area contributed by atoms with Gasteiger partial charge >= 0.3 is 0 Å². The molecule has 0 saturated heterocycles. The summed E-state index contributed by atoms with van der Waals surface area (Å²) in [6.07, 6.45) is 4.78. The number of aliphatic hydroxyl groups is 1. The van der Waals surface area contributed by atoms with Crippen molar-refractivity contribution in [3.8, 4) is 0 Å². The molecule has 0 fully saturated rings. The fraction of sp³-hybridized carbons (Fsp3) is 0.357. The predicted molar refractivity (Wildman–Crippen MR) is 78.9 cm³/mol. The van der Waals surface area contributed by atoms with Gasteiger partial charge in [0.2, 0.25) is 0 Å². The molecule has 0 aliphatic carbocycles. The van der Waals surface area contributed by atoms with Crippen LogP contribution in [0.2, 0.25) is 0 Å². The number of nitrogens with one attached hydrogen (secondary N) is 1. The Morgan fingerprint density at radius 3 is 2.83 bits per heavy atom. The third kappa shape index (κ3) is 3.21. The minimum Gasteiger partial charge on any atom is -0.396 e. The van der Waals surface area contributed by atoms with Crippen LogP contribution in [0.3, 0.4) is 0 Å². The molecule has 0 atom stereocenters. The summed E-state index contributed by atoms with van der Waals surface area (Å²) in [6, 6.07) is 8.14. The number of fused-ring (bicyclic) bond motifs is 1. The van der Waals surface area contributed by atoms with Crippen molar-refractivity contribution in [2.45, 2.75) is 19.3 Å². The molecule has 2 rings (SSSR count). The van der Waals surface area contributed by atoms with E-state index in [1.165, 1.54) is 5.39 Å². The van der Waals surface area contributed by atoms with Gasteiger partial charge in [-0.1, -0.05) is 28.1 Å². The van der Waals surface area contributed by atoms with Gasteiger partial charge in [-0.15, -0.1) is 0 Å². The molecule has 0 spiro atoms. The summed E-state index contributed by atoms with van der Waals surface area (Å²) in [7, 11) is 0. The first-order valence-corrected chi connectivity index (χ1v) is 7.00. The summed E-state index contributed by atoms with van der Waals surface area (Å²) in [4.78, 5) is 4.38. The van der Waals surface area contributed by atoms with E-state index in [0.29, 0.717) is 0 Å². The lowest BCUT2D eigenvalue weighted by molar-refractivity contribution is 0.283. The number of hydrogen-bond donors (Lipinski definition) is 2. The van der Waals surface area contributed by atoms with Gasteiger partial charge in [0, 0.05) is 34.6 Å². The Bertz CT molecular complexity index is 516.